The van der Waals surface area contributed by atoms with E-state index < -0.39 is 5.60 Å². The summed E-state index contributed by atoms with van der Waals surface area (Å²) < 4.78 is 0. The second-order valence-electron chi connectivity index (χ2n) is 6.03. The molecular weight excluding hydrogens is 200 g/mol. The third kappa shape index (κ3) is 1.82. The summed E-state index contributed by atoms with van der Waals surface area (Å²) in [5, 5.41) is 21.1. The van der Waals surface area contributed by atoms with Gasteiger partial charge in [-0.2, -0.15) is 0 Å². The Balaban J connectivity index is 2.26. The highest BCUT2D eigenvalue weighted by atomic mass is 16.3. The molecule has 2 aliphatic rings. The van der Waals surface area contributed by atoms with Crippen molar-refractivity contribution in [2.75, 3.05) is 0 Å². The maximum absolute atomic E-state index is 10.8. The van der Waals surface area contributed by atoms with Crippen LogP contribution in [0.1, 0.15) is 46.5 Å². The van der Waals surface area contributed by atoms with Crippen molar-refractivity contribution in [2.45, 2.75) is 58.2 Å². The van der Waals surface area contributed by atoms with Crippen molar-refractivity contribution in [3.05, 3.63) is 11.6 Å². The molecule has 2 N–H and O–H groups in total. The summed E-state index contributed by atoms with van der Waals surface area (Å²) in [7, 11) is 0. The highest BCUT2D eigenvalue weighted by Gasteiger charge is 2.52. The Bertz CT molecular complexity index is 295. The van der Waals surface area contributed by atoms with E-state index in [1.807, 2.05) is 0 Å². The van der Waals surface area contributed by atoms with Crippen LogP contribution in [0.4, 0.5) is 0 Å². The van der Waals surface area contributed by atoms with Gasteiger partial charge >= 0.3 is 0 Å². The first-order valence-corrected chi connectivity index (χ1v) is 6.51. The second kappa shape index (κ2) is 4.15. The molecule has 0 saturated heterocycles. The van der Waals surface area contributed by atoms with Gasteiger partial charge in [-0.05, 0) is 44.4 Å². The lowest BCUT2D eigenvalue weighted by Crippen LogP contribution is -2.46. The van der Waals surface area contributed by atoms with E-state index in [2.05, 4.69) is 26.8 Å². The first-order chi connectivity index (χ1) is 7.45. The summed E-state index contributed by atoms with van der Waals surface area (Å²) in [5.41, 5.74) is 0.621. The molecule has 2 nitrogen and oxygen atoms in total. The molecule has 1 saturated carbocycles. The minimum atomic E-state index is -0.650. The van der Waals surface area contributed by atoms with E-state index >= 15 is 0 Å². The number of aliphatic hydroxyl groups is 2. The Morgan fingerprint density at radius 3 is 2.75 bits per heavy atom. The van der Waals surface area contributed by atoms with Crippen molar-refractivity contribution >= 4 is 0 Å². The zero-order valence-electron chi connectivity index (χ0n) is 10.6. The maximum Gasteiger partial charge on any atom is 0.0726 e. The van der Waals surface area contributed by atoms with Crippen LogP contribution in [-0.2, 0) is 0 Å². The van der Waals surface area contributed by atoms with E-state index in [1.54, 1.807) is 0 Å². The van der Waals surface area contributed by atoms with Crippen LogP contribution in [0.25, 0.3) is 0 Å². The SMILES string of the molecule is CC1=CC[C@H]2CC[C@@](O)(C(C)C)[C@@H]2[C@@H](O)C1. The average molecular weight is 224 g/mol. The van der Waals surface area contributed by atoms with E-state index in [9.17, 15) is 10.2 Å². The van der Waals surface area contributed by atoms with Gasteiger partial charge in [0.25, 0.3) is 0 Å². The van der Waals surface area contributed by atoms with Gasteiger partial charge < -0.3 is 10.2 Å². The lowest BCUT2D eigenvalue weighted by Gasteiger charge is -2.38. The molecule has 0 radical (unpaired) electrons. The molecule has 0 aromatic rings. The van der Waals surface area contributed by atoms with E-state index in [1.165, 1.54) is 5.57 Å². The summed E-state index contributed by atoms with van der Waals surface area (Å²) in [6, 6.07) is 0. The van der Waals surface area contributed by atoms with Gasteiger partial charge in [-0.25, -0.2) is 0 Å². The third-order valence-electron chi connectivity index (χ3n) is 4.72. The van der Waals surface area contributed by atoms with Crippen molar-refractivity contribution in [2.24, 2.45) is 17.8 Å². The van der Waals surface area contributed by atoms with Crippen LogP contribution in [0.5, 0.6) is 0 Å². The summed E-state index contributed by atoms with van der Waals surface area (Å²) in [5.74, 6) is 0.775. The Morgan fingerprint density at radius 1 is 1.44 bits per heavy atom. The third-order valence-corrected chi connectivity index (χ3v) is 4.72. The van der Waals surface area contributed by atoms with Gasteiger partial charge in [-0.1, -0.05) is 25.5 Å². The van der Waals surface area contributed by atoms with Crippen LogP contribution in [0, 0.1) is 17.8 Å². The van der Waals surface area contributed by atoms with Gasteiger partial charge in [-0.15, -0.1) is 0 Å². The minimum Gasteiger partial charge on any atom is -0.392 e. The quantitative estimate of drug-likeness (QED) is 0.672. The Kier molecular flexibility index (Phi) is 3.15. The van der Waals surface area contributed by atoms with Gasteiger partial charge in [0.1, 0.15) is 0 Å². The van der Waals surface area contributed by atoms with Gasteiger partial charge in [0.2, 0.25) is 0 Å². The predicted octanol–water partition coefficient (Wildman–Crippen LogP) is 2.50. The topological polar surface area (TPSA) is 40.5 Å². The largest absolute Gasteiger partial charge is 0.392 e. The van der Waals surface area contributed by atoms with Crippen LogP contribution in [0.2, 0.25) is 0 Å². The predicted molar refractivity (Wildman–Crippen MR) is 65.0 cm³/mol. The first kappa shape index (κ1) is 12.1. The molecule has 0 amide bonds. The Hall–Kier alpha value is -0.340. The number of hydrogen-bond acceptors (Lipinski definition) is 2. The number of allylic oxidation sites excluding steroid dienone is 1. The van der Waals surface area contributed by atoms with Crippen LogP contribution in [0.15, 0.2) is 11.6 Å². The fourth-order valence-corrected chi connectivity index (χ4v) is 3.65. The molecule has 16 heavy (non-hydrogen) atoms. The first-order valence-electron chi connectivity index (χ1n) is 6.51. The monoisotopic (exact) mass is 224 g/mol. The molecule has 0 aromatic carbocycles. The molecule has 2 heteroatoms. The highest BCUT2D eigenvalue weighted by molar-refractivity contribution is 5.12. The average Bonchev–Trinajstić information content (AvgIpc) is 2.46. The molecule has 4 atom stereocenters. The molecule has 1 fully saturated rings. The summed E-state index contributed by atoms with van der Waals surface area (Å²) >= 11 is 0. The number of aliphatic hydroxyl groups excluding tert-OH is 1. The van der Waals surface area contributed by atoms with E-state index in [0.717, 1.165) is 25.7 Å². The van der Waals surface area contributed by atoms with Crippen LogP contribution < -0.4 is 0 Å². The second-order valence-corrected chi connectivity index (χ2v) is 6.03. The van der Waals surface area contributed by atoms with Crippen LogP contribution in [0.3, 0.4) is 0 Å². The molecule has 2 rings (SSSR count). The molecule has 0 bridgehead atoms. The Morgan fingerprint density at radius 2 is 2.12 bits per heavy atom. The van der Waals surface area contributed by atoms with Crippen molar-refractivity contribution in [3.8, 4) is 0 Å². The van der Waals surface area contributed by atoms with E-state index in [0.29, 0.717) is 5.92 Å². The van der Waals surface area contributed by atoms with Crippen LogP contribution >= 0.6 is 0 Å². The molecule has 0 spiro atoms. The fourth-order valence-electron chi connectivity index (χ4n) is 3.65. The van der Waals surface area contributed by atoms with E-state index in [4.69, 9.17) is 0 Å². The summed E-state index contributed by atoms with van der Waals surface area (Å²) in [4.78, 5) is 0. The maximum atomic E-state index is 10.8. The molecular formula is C14H24O2. The zero-order chi connectivity index (χ0) is 11.9. The highest BCUT2D eigenvalue weighted by Crippen LogP contribution is 2.49. The molecule has 0 aliphatic heterocycles. The van der Waals surface area contributed by atoms with Crippen molar-refractivity contribution < 1.29 is 10.2 Å². The van der Waals surface area contributed by atoms with E-state index in [-0.39, 0.29) is 17.9 Å². The standard InChI is InChI=1S/C14H24O2/c1-9(2)14(16)7-6-11-5-4-10(3)8-12(15)13(11)14/h4,9,11-13,15-16H,5-8H2,1-3H3/t11-,12-,13-,14+/m0/s1. The number of fused-ring (bicyclic) bond motifs is 1. The van der Waals surface area contributed by atoms with Gasteiger partial charge in [0.15, 0.2) is 0 Å². The fraction of sp³-hybridized carbons (Fsp3) is 0.857. The zero-order valence-corrected chi connectivity index (χ0v) is 10.6. The molecule has 0 aromatic heterocycles. The summed E-state index contributed by atoms with van der Waals surface area (Å²) in [6.45, 7) is 6.22. The van der Waals surface area contributed by atoms with Crippen molar-refractivity contribution in [1.29, 1.82) is 0 Å². The number of hydrogen-bond donors (Lipinski definition) is 2. The Labute approximate surface area is 98.4 Å². The van der Waals surface area contributed by atoms with Crippen LogP contribution in [-0.4, -0.2) is 21.9 Å². The lowest BCUT2D eigenvalue weighted by molar-refractivity contribution is -0.0917. The van der Waals surface area contributed by atoms with Gasteiger partial charge in [0.05, 0.1) is 11.7 Å². The normalized spacial score (nSPS) is 44.1. The molecule has 2 aliphatic carbocycles. The molecule has 92 valence electrons. The van der Waals surface area contributed by atoms with Crippen molar-refractivity contribution in [3.63, 3.8) is 0 Å². The summed E-state index contributed by atoms with van der Waals surface area (Å²) in [6.07, 6.45) is 5.56. The molecule has 0 heterocycles. The molecule has 0 unspecified atom stereocenters. The smallest absolute Gasteiger partial charge is 0.0726 e. The minimum absolute atomic E-state index is 0.0706. The van der Waals surface area contributed by atoms with Crippen molar-refractivity contribution in [1.82, 2.24) is 0 Å². The lowest BCUT2D eigenvalue weighted by atomic mass is 9.74. The van der Waals surface area contributed by atoms with Gasteiger partial charge in [0, 0.05) is 5.92 Å². The number of rotatable bonds is 1. The van der Waals surface area contributed by atoms with Gasteiger partial charge in [-0.3, -0.25) is 0 Å².